The molecule has 2 N–H and O–H groups in total. The number of nitrogens with zero attached hydrogens (tertiary/aromatic N) is 2. The van der Waals surface area contributed by atoms with Gasteiger partial charge in [0.1, 0.15) is 5.56 Å². The number of piperidine rings is 1. The minimum absolute atomic E-state index is 0.00454. The predicted octanol–water partition coefficient (Wildman–Crippen LogP) is 1.75. The Bertz CT molecular complexity index is 599. The van der Waals surface area contributed by atoms with Crippen LogP contribution >= 0.6 is 0 Å². The molecule has 1 aromatic rings. The lowest BCUT2D eigenvalue weighted by Crippen LogP contribution is -2.39. The van der Waals surface area contributed by atoms with Crippen LogP contribution in [0.15, 0.2) is 18.3 Å². The van der Waals surface area contributed by atoms with Gasteiger partial charge in [0.2, 0.25) is 11.8 Å². The Kier molecular flexibility index (Phi) is 5.63. The second kappa shape index (κ2) is 7.50. The van der Waals surface area contributed by atoms with Crippen LogP contribution in [0.2, 0.25) is 0 Å². The molecule has 2 amide bonds. The van der Waals surface area contributed by atoms with Gasteiger partial charge in [0.15, 0.2) is 6.61 Å². The van der Waals surface area contributed by atoms with Gasteiger partial charge in [-0.05, 0) is 30.9 Å². The lowest BCUT2D eigenvalue weighted by molar-refractivity contribution is -0.154. The summed E-state index contributed by atoms with van der Waals surface area (Å²) in [6.45, 7) is -0.695. The first-order chi connectivity index (χ1) is 11.3. The van der Waals surface area contributed by atoms with Crippen molar-refractivity contribution >= 4 is 11.8 Å². The number of halogens is 3. The number of hydrogen-bond acceptors (Lipinski definition) is 4. The summed E-state index contributed by atoms with van der Waals surface area (Å²) in [6, 6.07) is 2.85. The highest BCUT2D eigenvalue weighted by atomic mass is 19.4. The highest BCUT2D eigenvalue weighted by Gasteiger charge is 2.31. The molecule has 0 saturated carbocycles. The topological polar surface area (TPSA) is 85.5 Å². The minimum atomic E-state index is -4.51. The van der Waals surface area contributed by atoms with Crippen LogP contribution in [0.1, 0.15) is 29.6 Å². The number of hydrogen-bond donors (Lipinski definition) is 1. The molecule has 0 radical (unpaired) electrons. The van der Waals surface area contributed by atoms with Crippen LogP contribution in [0.5, 0.6) is 5.88 Å². The Balaban J connectivity index is 2.01. The lowest BCUT2D eigenvalue weighted by atomic mass is 9.93. The van der Waals surface area contributed by atoms with E-state index in [2.05, 4.69) is 9.72 Å². The molecule has 0 aromatic carbocycles. The number of carbonyl (C=O) groups excluding carboxylic acids is 2. The van der Waals surface area contributed by atoms with Crippen molar-refractivity contribution < 1.29 is 27.5 Å². The van der Waals surface area contributed by atoms with Gasteiger partial charge >= 0.3 is 6.18 Å². The van der Waals surface area contributed by atoms with E-state index in [4.69, 9.17) is 5.73 Å². The van der Waals surface area contributed by atoms with E-state index in [9.17, 15) is 22.8 Å². The van der Waals surface area contributed by atoms with Gasteiger partial charge in [0.05, 0.1) is 0 Å². The Morgan fingerprint density at radius 1 is 1.33 bits per heavy atom. The summed E-state index contributed by atoms with van der Waals surface area (Å²) < 4.78 is 41.5. The highest BCUT2D eigenvalue weighted by molar-refractivity contribution is 5.96. The van der Waals surface area contributed by atoms with E-state index in [-0.39, 0.29) is 29.7 Å². The molecule has 132 valence electrons. The number of carbonyl (C=O) groups is 2. The molecule has 1 aliphatic rings. The first-order valence-corrected chi connectivity index (χ1v) is 7.48. The molecule has 1 saturated heterocycles. The van der Waals surface area contributed by atoms with Crippen molar-refractivity contribution in [2.24, 2.45) is 11.7 Å². The zero-order valence-corrected chi connectivity index (χ0v) is 12.9. The number of alkyl halides is 3. The summed E-state index contributed by atoms with van der Waals surface area (Å²) in [5.74, 6) is -1.02. The van der Waals surface area contributed by atoms with Crippen molar-refractivity contribution in [3.05, 3.63) is 23.9 Å². The third-order valence-corrected chi connectivity index (χ3v) is 3.77. The van der Waals surface area contributed by atoms with Crippen LogP contribution in [0.3, 0.4) is 0 Å². The Morgan fingerprint density at radius 2 is 2.00 bits per heavy atom. The van der Waals surface area contributed by atoms with Crippen LogP contribution < -0.4 is 10.5 Å². The molecule has 0 unspecified atom stereocenters. The summed E-state index contributed by atoms with van der Waals surface area (Å²) in [5, 5.41) is 0. The quantitative estimate of drug-likeness (QED) is 0.881. The van der Waals surface area contributed by atoms with Gasteiger partial charge in [0, 0.05) is 25.7 Å². The summed E-state index contributed by atoms with van der Waals surface area (Å²) in [7, 11) is 0. The SMILES string of the molecule is NC(=O)CC1CCN(C(=O)c2cccnc2OCC(F)(F)F)CC1. The van der Waals surface area contributed by atoms with E-state index in [0.717, 1.165) is 0 Å². The van der Waals surface area contributed by atoms with Gasteiger partial charge in [-0.1, -0.05) is 0 Å². The average Bonchev–Trinajstić information content (AvgIpc) is 2.52. The maximum Gasteiger partial charge on any atom is 0.422 e. The molecule has 1 fully saturated rings. The molecule has 2 heterocycles. The maximum absolute atomic E-state index is 12.5. The smallest absolute Gasteiger partial charge is 0.422 e. The summed E-state index contributed by atoms with van der Waals surface area (Å²) >= 11 is 0. The number of amides is 2. The molecule has 0 spiro atoms. The van der Waals surface area contributed by atoms with Gasteiger partial charge < -0.3 is 15.4 Å². The number of nitrogens with two attached hydrogens (primary N) is 1. The van der Waals surface area contributed by atoms with Crippen LogP contribution in [0.25, 0.3) is 0 Å². The van der Waals surface area contributed by atoms with Crippen LogP contribution in [0.4, 0.5) is 13.2 Å². The number of rotatable bonds is 5. The molecule has 6 nitrogen and oxygen atoms in total. The van der Waals surface area contributed by atoms with Crippen molar-refractivity contribution in [2.75, 3.05) is 19.7 Å². The molecular weight excluding hydrogens is 327 g/mol. The number of likely N-dealkylation sites (tertiary alicyclic amines) is 1. The van der Waals surface area contributed by atoms with Crippen molar-refractivity contribution in [1.82, 2.24) is 9.88 Å². The Morgan fingerprint density at radius 3 is 2.58 bits per heavy atom. The van der Waals surface area contributed by atoms with Crippen LogP contribution in [-0.4, -0.2) is 47.6 Å². The van der Waals surface area contributed by atoms with Crippen LogP contribution in [-0.2, 0) is 4.79 Å². The van der Waals surface area contributed by atoms with Gasteiger partial charge in [-0.25, -0.2) is 4.98 Å². The molecule has 1 aromatic heterocycles. The summed E-state index contributed by atoms with van der Waals surface area (Å²) in [5.41, 5.74) is 5.16. The highest BCUT2D eigenvalue weighted by Crippen LogP contribution is 2.25. The monoisotopic (exact) mass is 345 g/mol. The fraction of sp³-hybridized carbons (Fsp3) is 0.533. The van der Waals surface area contributed by atoms with Crippen molar-refractivity contribution in [3.63, 3.8) is 0 Å². The summed E-state index contributed by atoms with van der Waals surface area (Å²) in [4.78, 5) is 28.7. The molecule has 1 aliphatic heterocycles. The molecule has 24 heavy (non-hydrogen) atoms. The normalized spacial score (nSPS) is 16.0. The van der Waals surface area contributed by atoms with E-state index >= 15 is 0 Å². The molecule has 0 atom stereocenters. The third kappa shape index (κ3) is 5.10. The Hall–Kier alpha value is -2.32. The first kappa shape index (κ1) is 18.0. The van der Waals surface area contributed by atoms with Crippen molar-refractivity contribution in [1.29, 1.82) is 0 Å². The Labute approximate surface area is 136 Å². The number of aromatic nitrogens is 1. The van der Waals surface area contributed by atoms with E-state index < -0.39 is 18.7 Å². The van der Waals surface area contributed by atoms with Gasteiger partial charge in [-0.3, -0.25) is 9.59 Å². The lowest BCUT2D eigenvalue weighted by Gasteiger charge is -2.31. The second-order valence-corrected chi connectivity index (χ2v) is 5.67. The predicted molar refractivity (Wildman–Crippen MR) is 78.2 cm³/mol. The minimum Gasteiger partial charge on any atom is -0.467 e. The number of ether oxygens (including phenoxy) is 1. The first-order valence-electron chi connectivity index (χ1n) is 7.48. The van der Waals surface area contributed by atoms with Gasteiger partial charge in [-0.2, -0.15) is 13.2 Å². The molecule has 2 rings (SSSR count). The molecule has 0 bridgehead atoms. The number of primary amides is 1. The summed E-state index contributed by atoms with van der Waals surface area (Å²) in [6.07, 6.45) is -1.73. The fourth-order valence-corrected chi connectivity index (χ4v) is 2.61. The third-order valence-electron chi connectivity index (χ3n) is 3.77. The van der Waals surface area contributed by atoms with E-state index in [0.29, 0.717) is 25.9 Å². The van der Waals surface area contributed by atoms with E-state index in [1.54, 1.807) is 0 Å². The van der Waals surface area contributed by atoms with Crippen molar-refractivity contribution in [3.8, 4) is 5.88 Å². The largest absolute Gasteiger partial charge is 0.467 e. The van der Waals surface area contributed by atoms with Crippen LogP contribution in [0, 0.1) is 5.92 Å². The average molecular weight is 345 g/mol. The van der Waals surface area contributed by atoms with Gasteiger partial charge in [0.25, 0.3) is 5.91 Å². The fourth-order valence-electron chi connectivity index (χ4n) is 2.61. The molecule has 0 aliphatic carbocycles. The zero-order valence-electron chi connectivity index (χ0n) is 12.9. The van der Waals surface area contributed by atoms with Gasteiger partial charge in [-0.15, -0.1) is 0 Å². The maximum atomic E-state index is 12.5. The van der Waals surface area contributed by atoms with E-state index in [1.165, 1.54) is 23.2 Å². The molecule has 9 heteroatoms. The standard InChI is InChI=1S/C15H18F3N3O3/c16-15(17,18)9-24-13-11(2-1-5-20-13)14(23)21-6-3-10(4-7-21)8-12(19)22/h1-2,5,10H,3-4,6-9H2,(H2,19,22). The van der Waals surface area contributed by atoms with Crippen molar-refractivity contribution in [2.45, 2.75) is 25.4 Å². The second-order valence-electron chi connectivity index (χ2n) is 5.67. The number of pyridine rings is 1. The zero-order chi connectivity index (χ0) is 17.7. The van der Waals surface area contributed by atoms with E-state index in [1.807, 2.05) is 0 Å². The molecular formula is C15H18F3N3O3.